The highest BCUT2D eigenvalue weighted by Gasteiger charge is 2.11. The summed E-state index contributed by atoms with van der Waals surface area (Å²) in [5, 5.41) is 8.99. The normalized spacial score (nSPS) is 10.6. The number of benzene rings is 1. The fraction of sp³-hybridized carbons (Fsp3) is 0.231. The van der Waals surface area contributed by atoms with Gasteiger partial charge < -0.3 is 15.6 Å². The lowest BCUT2D eigenvalue weighted by Gasteiger charge is -2.06. The quantitative estimate of drug-likeness (QED) is 0.627. The monoisotopic (exact) mass is 249 g/mol. The molecule has 0 amide bonds. The largest absolute Gasteiger partial charge is 0.478 e. The summed E-state index contributed by atoms with van der Waals surface area (Å²) in [6.07, 6.45) is 3.32. The van der Waals surface area contributed by atoms with E-state index >= 15 is 0 Å². The first-order valence-corrected chi connectivity index (χ1v) is 5.32. The Labute approximate surface area is 105 Å². The lowest BCUT2D eigenvalue weighted by Crippen LogP contribution is -2.04. The minimum absolute atomic E-state index is 0.0627. The van der Waals surface area contributed by atoms with E-state index in [9.17, 15) is 9.59 Å². The zero-order valence-corrected chi connectivity index (χ0v) is 10.3. The van der Waals surface area contributed by atoms with E-state index in [1.54, 1.807) is 25.1 Å². The molecule has 0 atom stereocenters. The number of ether oxygens (including phenoxy) is 1. The second kappa shape index (κ2) is 5.86. The molecule has 1 aromatic carbocycles. The first-order valence-electron chi connectivity index (χ1n) is 5.32. The van der Waals surface area contributed by atoms with Crippen LogP contribution >= 0.6 is 0 Å². The van der Waals surface area contributed by atoms with Crippen LogP contribution in [0.25, 0.3) is 6.08 Å². The summed E-state index contributed by atoms with van der Waals surface area (Å²) >= 11 is 0. The molecule has 0 aliphatic carbocycles. The predicted molar refractivity (Wildman–Crippen MR) is 68.2 cm³/mol. The molecule has 0 bridgehead atoms. The van der Waals surface area contributed by atoms with E-state index in [2.05, 4.69) is 4.74 Å². The Kier molecular flexibility index (Phi) is 4.48. The minimum Gasteiger partial charge on any atom is -0.478 e. The molecule has 1 aromatic rings. The van der Waals surface area contributed by atoms with Gasteiger partial charge in [0.2, 0.25) is 0 Å². The molecule has 18 heavy (non-hydrogen) atoms. The standard InChI is InChI=1S/C13H15NO4/c1-8-6-9(4-3-5-11(15)18-2)12(14)10(7-8)13(16)17/h3-4,6-7H,5,14H2,1-2H3,(H,16,17). The van der Waals surface area contributed by atoms with Crippen molar-refractivity contribution in [2.24, 2.45) is 0 Å². The van der Waals surface area contributed by atoms with E-state index in [1.807, 2.05) is 0 Å². The molecule has 0 saturated heterocycles. The van der Waals surface area contributed by atoms with Crippen LogP contribution in [0.4, 0.5) is 5.69 Å². The third-order valence-electron chi connectivity index (χ3n) is 2.40. The minimum atomic E-state index is -1.07. The number of esters is 1. The van der Waals surface area contributed by atoms with Crippen molar-refractivity contribution >= 4 is 23.7 Å². The van der Waals surface area contributed by atoms with E-state index < -0.39 is 5.97 Å². The van der Waals surface area contributed by atoms with Gasteiger partial charge in [0, 0.05) is 0 Å². The van der Waals surface area contributed by atoms with Gasteiger partial charge in [-0.2, -0.15) is 0 Å². The van der Waals surface area contributed by atoms with Gasteiger partial charge in [-0.15, -0.1) is 0 Å². The molecule has 3 N–H and O–H groups in total. The number of nitrogen functional groups attached to an aromatic ring is 1. The summed E-state index contributed by atoms with van der Waals surface area (Å²) in [5.41, 5.74) is 7.38. The summed E-state index contributed by atoms with van der Waals surface area (Å²) < 4.78 is 4.49. The number of anilines is 1. The Bertz CT molecular complexity index is 506. The summed E-state index contributed by atoms with van der Waals surface area (Å²) in [5.74, 6) is -1.44. The van der Waals surface area contributed by atoms with Crippen molar-refractivity contribution in [2.75, 3.05) is 12.8 Å². The van der Waals surface area contributed by atoms with Crippen LogP contribution in [0.3, 0.4) is 0 Å². The number of hydrogen-bond acceptors (Lipinski definition) is 4. The number of carboxylic acid groups (broad SMARTS) is 1. The highest BCUT2D eigenvalue weighted by molar-refractivity contribution is 5.96. The molecular weight excluding hydrogens is 234 g/mol. The van der Waals surface area contributed by atoms with E-state index in [1.165, 1.54) is 13.2 Å². The van der Waals surface area contributed by atoms with Crippen molar-refractivity contribution in [3.8, 4) is 0 Å². The lowest BCUT2D eigenvalue weighted by molar-refractivity contribution is -0.139. The molecule has 0 spiro atoms. The number of carbonyl (C=O) groups excluding carboxylic acids is 1. The average Bonchev–Trinajstić information content (AvgIpc) is 2.32. The molecule has 0 aliphatic heterocycles. The molecule has 0 radical (unpaired) electrons. The Balaban J connectivity index is 3.02. The van der Waals surface area contributed by atoms with Crippen LogP contribution in [0, 0.1) is 6.92 Å². The predicted octanol–water partition coefficient (Wildman–Crippen LogP) is 1.85. The molecule has 1 rings (SSSR count). The molecule has 5 nitrogen and oxygen atoms in total. The van der Waals surface area contributed by atoms with E-state index in [-0.39, 0.29) is 23.6 Å². The molecule has 0 saturated carbocycles. The van der Waals surface area contributed by atoms with Gasteiger partial charge in [0.15, 0.2) is 0 Å². The van der Waals surface area contributed by atoms with Crippen LogP contribution in [0.15, 0.2) is 18.2 Å². The number of nitrogens with two attached hydrogens (primary N) is 1. The Morgan fingerprint density at radius 1 is 1.44 bits per heavy atom. The zero-order valence-electron chi connectivity index (χ0n) is 10.3. The van der Waals surface area contributed by atoms with Crippen molar-refractivity contribution in [3.05, 3.63) is 34.9 Å². The maximum absolute atomic E-state index is 11.0. The van der Waals surface area contributed by atoms with Gasteiger partial charge in [-0.1, -0.05) is 12.2 Å². The van der Waals surface area contributed by atoms with Crippen molar-refractivity contribution in [1.29, 1.82) is 0 Å². The Morgan fingerprint density at radius 3 is 2.67 bits per heavy atom. The van der Waals surface area contributed by atoms with Crippen LogP contribution in [0.2, 0.25) is 0 Å². The maximum Gasteiger partial charge on any atom is 0.337 e. The molecule has 0 fully saturated rings. The van der Waals surface area contributed by atoms with Crippen molar-refractivity contribution in [2.45, 2.75) is 13.3 Å². The SMILES string of the molecule is COC(=O)CC=Cc1cc(C)cc(C(=O)O)c1N. The second-order valence-corrected chi connectivity index (χ2v) is 3.80. The topological polar surface area (TPSA) is 89.6 Å². The fourth-order valence-corrected chi connectivity index (χ4v) is 1.51. The Morgan fingerprint density at radius 2 is 2.11 bits per heavy atom. The number of aromatic carboxylic acids is 1. The molecule has 0 unspecified atom stereocenters. The molecule has 0 aliphatic rings. The van der Waals surface area contributed by atoms with Crippen LogP contribution in [-0.4, -0.2) is 24.2 Å². The molecular formula is C13H15NO4. The zero-order chi connectivity index (χ0) is 13.7. The van der Waals surface area contributed by atoms with Crippen LogP contribution < -0.4 is 5.73 Å². The van der Waals surface area contributed by atoms with Gasteiger partial charge in [-0.3, -0.25) is 4.79 Å². The van der Waals surface area contributed by atoms with Gasteiger partial charge in [-0.05, 0) is 30.2 Å². The van der Waals surface area contributed by atoms with Gasteiger partial charge in [-0.25, -0.2) is 4.79 Å². The molecule has 96 valence electrons. The van der Waals surface area contributed by atoms with Crippen molar-refractivity contribution in [3.63, 3.8) is 0 Å². The van der Waals surface area contributed by atoms with E-state index in [4.69, 9.17) is 10.8 Å². The van der Waals surface area contributed by atoms with E-state index in [0.29, 0.717) is 5.56 Å². The highest BCUT2D eigenvalue weighted by atomic mass is 16.5. The summed E-state index contributed by atoms with van der Waals surface area (Å²) in [6.45, 7) is 1.78. The third-order valence-corrected chi connectivity index (χ3v) is 2.40. The fourth-order valence-electron chi connectivity index (χ4n) is 1.51. The summed E-state index contributed by atoms with van der Waals surface area (Å²) in [6, 6.07) is 3.27. The van der Waals surface area contributed by atoms with Crippen molar-refractivity contribution < 1.29 is 19.4 Å². The van der Waals surface area contributed by atoms with Crippen LogP contribution in [-0.2, 0) is 9.53 Å². The molecule has 0 aromatic heterocycles. The molecule has 5 heteroatoms. The van der Waals surface area contributed by atoms with Gasteiger partial charge in [0.05, 0.1) is 24.8 Å². The third kappa shape index (κ3) is 3.35. The number of carbonyl (C=O) groups is 2. The number of carboxylic acids is 1. The maximum atomic E-state index is 11.0. The lowest BCUT2D eigenvalue weighted by atomic mass is 10.0. The second-order valence-electron chi connectivity index (χ2n) is 3.80. The average molecular weight is 249 g/mol. The Hall–Kier alpha value is -2.30. The number of rotatable bonds is 4. The van der Waals surface area contributed by atoms with Gasteiger partial charge in [0.1, 0.15) is 0 Å². The smallest absolute Gasteiger partial charge is 0.337 e. The van der Waals surface area contributed by atoms with Crippen molar-refractivity contribution in [1.82, 2.24) is 0 Å². The van der Waals surface area contributed by atoms with Crippen LogP contribution in [0.5, 0.6) is 0 Å². The number of methoxy groups -OCH3 is 1. The number of hydrogen-bond donors (Lipinski definition) is 2. The van der Waals surface area contributed by atoms with Gasteiger partial charge >= 0.3 is 11.9 Å². The van der Waals surface area contributed by atoms with Gasteiger partial charge in [0.25, 0.3) is 0 Å². The highest BCUT2D eigenvalue weighted by Crippen LogP contribution is 2.21. The first-order chi connectivity index (χ1) is 8.45. The van der Waals surface area contributed by atoms with Crippen LogP contribution in [0.1, 0.15) is 27.9 Å². The first kappa shape index (κ1) is 13.8. The molecule has 0 heterocycles. The number of aryl methyl sites for hydroxylation is 1. The van der Waals surface area contributed by atoms with E-state index in [0.717, 1.165) is 5.56 Å². The summed E-state index contributed by atoms with van der Waals surface area (Å²) in [4.78, 5) is 21.9. The summed E-state index contributed by atoms with van der Waals surface area (Å²) in [7, 11) is 1.31.